The van der Waals surface area contributed by atoms with Crippen LogP contribution in [0.3, 0.4) is 0 Å². The van der Waals surface area contributed by atoms with Gasteiger partial charge in [-0.1, -0.05) is 42.5 Å². The smallest absolute Gasteiger partial charge is 0.251 e. The Kier molecular flexibility index (Phi) is 6.41. The standard InChI is InChI=1S/C22H21FN2O3S/c1-25(29(27,28)21-8-3-2-4-9-21)16-17-10-12-19(13-11-17)22(26)24-15-18-6-5-7-20(23)14-18/h2-14H,15-16H2,1H3,(H,24,26). The van der Waals surface area contributed by atoms with Crippen LogP contribution in [0.5, 0.6) is 0 Å². The Hall–Kier alpha value is -3.03. The molecule has 7 heteroatoms. The number of rotatable bonds is 7. The zero-order valence-electron chi connectivity index (χ0n) is 15.9. The lowest BCUT2D eigenvalue weighted by atomic mass is 10.1. The van der Waals surface area contributed by atoms with Gasteiger partial charge in [-0.3, -0.25) is 4.79 Å². The molecule has 0 aromatic heterocycles. The number of hydrogen-bond acceptors (Lipinski definition) is 3. The Bertz CT molecular complexity index is 1080. The fraction of sp³-hybridized carbons (Fsp3) is 0.136. The summed E-state index contributed by atoms with van der Waals surface area (Å²) in [6, 6.07) is 21.0. The number of sulfonamides is 1. The van der Waals surface area contributed by atoms with Crippen LogP contribution in [-0.2, 0) is 23.1 Å². The molecular weight excluding hydrogens is 391 g/mol. The number of hydrogen-bond donors (Lipinski definition) is 1. The van der Waals surface area contributed by atoms with Crippen LogP contribution in [0.25, 0.3) is 0 Å². The van der Waals surface area contributed by atoms with Gasteiger partial charge in [0.15, 0.2) is 0 Å². The summed E-state index contributed by atoms with van der Waals surface area (Å²) < 4.78 is 39.6. The van der Waals surface area contributed by atoms with Crippen molar-refractivity contribution in [1.82, 2.24) is 9.62 Å². The van der Waals surface area contributed by atoms with Crippen LogP contribution in [0.1, 0.15) is 21.5 Å². The molecule has 29 heavy (non-hydrogen) atoms. The van der Waals surface area contributed by atoms with Crippen LogP contribution < -0.4 is 5.32 Å². The summed E-state index contributed by atoms with van der Waals surface area (Å²) in [7, 11) is -2.07. The number of carbonyl (C=O) groups excluding carboxylic acids is 1. The lowest BCUT2D eigenvalue weighted by molar-refractivity contribution is 0.0951. The molecule has 0 radical (unpaired) electrons. The molecule has 0 atom stereocenters. The molecule has 0 aliphatic carbocycles. The number of benzene rings is 3. The molecule has 0 saturated carbocycles. The van der Waals surface area contributed by atoms with Crippen LogP contribution in [0, 0.1) is 5.82 Å². The van der Waals surface area contributed by atoms with E-state index in [1.165, 1.54) is 23.5 Å². The van der Waals surface area contributed by atoms with Gasteiger partial charge in [0.25, 0.3) is 5.91 Å². The maximum Gasteiger partial charge on any atom is 0.251 e. The van der Waals surface area contributed by atoms with Crippen LogP contribution in [0.15, 0.2) is 83.8 Å². The van der Waals surface area contributed by atoms with Gasteiger partial charge >= 0.3 is 0 Å². The first-order valence-corrected chi connectivity index (χ1v) is 10.4. The molecule has 0 spiro atoms. The topological polar surface area (TPSA) is 66.5 Å². The molecule has 1 N–H and O–H groups in total. The molecule has 5 nitrogen and oxygen atoms in total. The quantitative estimate of drug-likeness (QED) is 0.645. The van der Waals surface area contributed by atoms with Crippen molar-refractivity contribution in [3.05, 3.63) is 101 Å². The van der Waals surface area contributed by atoms with E-state index in [0.29, 0.717) is 11.1 Å². The Morgan fingerprint density at radius 2 is 1.62 bits per heavy atom. The van der Waals surface area contributed by atoms with Crippen molar-refractivity contribution in [3.8, 4) is 0 Å². The normalized spacial score (nSPS) is 11.4. The van der Waals surface area contributed by atoms with E-state index < -0.39 is 10.0 Å². The number of halogens is 1. The minimum Gasteiger partial charge on any atom is -0.348 e. The van der Waals surface area contributed by atoms with Crippen LogP contribution in [-0.4, -0.2) is 25.7 Å². The van der Waals surface area contributed by atoms with E-state index in [1.54, 1.807) is 66.7 Å². The summed E-state index contributed by atoms with van der Waals surface area (Å²) in [5.41, 5.74) is 1.87. The lowest BCUT2D eigenvalue weighted by Gasteiger charge is -2.17. The van der Waals surface area contributed by atoms with Gasteiger partial charge < -0.3 is 5.32 Å². The monoisotopic (exact) mass is 412 g/mol. The van der Waals surface area contributed by atoms with Crippen molar-refractivity contribution in [2.45, 2.75) is 18.0 Å². The highest BCUT2D eigenvalue weighted by Gasteiger charge is 2.20. The van der Waals surface area contributed by atoms with Crippen molar-refractivity contribution >= 4 is 15.9 Å². The Labute approximate surface area is 169 Å². The average molecular weight is 412 g/mol. The highest BCUT2D eigenvalue weighted by atomic mass is 32.2. The van der Waals surface area contributed by atoms with E-state index in [4.69, 9.17) is 0 Å². The maximum atomic E-state index is 13.2. The molecule has 0 unspecified atom stereocenters. The van der Waals surface area contributed by atoms with E-state index in [9.17, 15) is 17.6 Å². The zero-order chi connectivity index (χ0) is 20.9. The third-order valence-electron chi connectivity index (χ3n) is 4.41. The number of nitrogens with zero attached hydrogens (tertiary/aromatic N) is 1. The molecule has 0 fully saturated rings. The highest BCUT2D eigenvalue weighted by Crippen LogP contribution is 2.16. The number of amides is 1. The average Bonchev–Trinajstić information content (AvgIpc) is 2.73. The van der Waals surface area contributed by atoms with E-state index in [1.807, 2.05) is 0 Å². The van der Waals surface area contributed by atoms with Gasteiger partial charge in [-0.05, 0) is 47.5 Å². The molecule has 150 valence electrons. The Balaban J connectivity index is 1.61. The molecule has 1 amide bonds. The molecule has 3 rings (SSSR count). The van der Waals surface area contributed by atoms with Crippen molar-refractivity contribution in [2.24, 2.45) is 0 Å². The first-order valence-electron chi connectivity index (χ1n) is 8.99. The van der Waals surface area contributed by atoms with Gasteiger partial charge in [0, 0.05) is 25.7 Å². The van der Waals surface area contributed by atoms with E-state index >= 15 is 0 Å². The summed E-state index contributed by atoms with van der Waals surface area (Å²) >= 11 is 0. The predicted molar refractivity (Wildman–Crippen MR) is 109 cm³/mol. The number of carbonyl (C=O) groups is 1. The van der Waals surface area contributed by atoms with E-state index in [2.05, 4.69) is 5.32 Å². The summed E-state index contributed by atoms with van der Waals surface area (Å²) in [5.74, 6) is -0.637. The van der Waals surface area contributed by atoms with Crippen molar-refractivity contribution in [3.63, 3.8) is 0 Å². The molecule has 0 aliphatic rings. The second-order valence-corrected chi connectivity index (χ2v) is 8.63. The van der Waals surface area contributed by atoms with E-state index in [-0.39, 0.29) is 29.7 Å². The largest absolute Gasteiger partial charge is 0.348 e. The third kappa shape index (κ3) is 5.28. The second-order valence-electron chi connectivity index (χ2n) is 6.58. The van der Waals surface area contributed by atoms with Crippen molar-refractivity contribution in [1.29, 1.82) is 0 Å². The molecule has 0 aliphatic heterocycles. The first kappa shape index (κ1) is 20.7. The lowest BCUT2D eigenvalue weighted by Crippen LogP contribution is -2.26. The molecular formula is C22H21FN2O3S. The van der Waals surface area contributed by atoms with Gasteiger partial charge in [0.05, 0.1) is 4.90 Å². The number of nitrogens with one attached hydrogen (secondary N) is 1. The fourth-order valence-electron chi connectivity index (χ4n) is 2.81. The van der Waals surface area contributed by atoms with Gasteiger partial charge in [-0.25, -0.2) is 12.8 Å². The minimum atomic E-state index is -3.58. The zero-order valence-corrected chi connectivity index (χ0v) is 16.7. The maximum absolute atomic E-state index is 13.2. The summed E-state index contributed by atoms with van der Waals surface area (Å²) in [5, 5.41) is 2.74. The van der Waals surface area contributed by atoms with Crippen LogP contribution in [0.4, 0.5) is 4.39 Å². The van der Waals surface area contributed by atoms with Gasteiger partial charge in [-0.15, -0.1) is 0 Å². The minimum absolute atomic E-state index is 0.183. The Morgan fingerprint density at radius 3 is 2.28 bits per heavy atom. The molecule has 3 aromatic rings. The van der Waals surface area contributed by atoms with Crippen molar-refractivity contribution < 1.29 is 17.6 Å². The molecule has 0 saturated heterocycles. The van der Waals surface area contributed by atoms with Gasteiger partial charge in [-0.2, -0.15) is 4.31 Å². The Morgan fingerprint density at radius 1 is 0.931 bits per heavy atom. The van der Waals surface area contributed by atoms with Crippen LogP contribution >= 0.6 is 0 Å². The molecule has 3 aromatic carbocycles. The predicted octanol–water partition coefficient (Wildman–Crippen LogP) is 3.58. The summed E-state index contributed by atoms with van der Waals surface area (Å²) in [6.45, 7) is 0.402. The SMILES string of the molecule is CN(Cc1ccc(C(=O)NCc2cccc(F)c2)cc1)S(=O)(=O)c1ccccc1. The summed E-state index contributed by atoms with van der Waals surface area (Å²) in [6.07, 6.45) is 0. The van der Waals surface area contributed by atoms with E-state index in [0.717, 1.165) is 5.56 Å². The molecule has 0 bridgehead atoms. The first-order chi connectivity index (χ1) is 13.9. The highest BCUT2D eigenvalue weighted by molar-refractivity contribution is 7.89. The van der Waals surface area contributed by atoms with Crippen LogP contribution in [0.2, 0.25) is 0 Å². The fourth-order valence-corrected chi connectivity index (χ4v) is 3.99. The molecule has 0 heterocycles. The second kappa shape index (κ2) is 8.98. The third-order valence-corrected chi connectivity index (χ3v) is 6.23. The van der Waals surface area contributed by atoms with Gasteiger partial charge in [0.2, 0.25) is 10.0 Å². The van der Waals surface area contributed by atoms with Gasteiger partial charge in [0.1, 0.15) is 5.82 Å². The van der Waals surface area contributed by atoms with Crippen molar-refractivity contribution in [2.75, 3.05) is 7.05 Å². The summed E-state index contributed by atoms with van der Waals surface area (Å²) in [4.78, 5) is 12.5.